The second-order valence-corrected chi connectivity index (χ2v) is 5.10. The minimum absolute atomic E-state index is 0.827. The lowest BCUT2D eigenvalue weighted by molar-refractivity contribution is -0.698. The van der Waals surface area contributed by atoms with E-state index in [-0.39, 0.29) is 0 Å². The van der Waals surface area contributed by atoms with E-state index >= 15 is 0 Å². The van der Waals surface area contributed by atoms with E-state index < -0.39 is 0 Å². The third kappa shape index (κ3) is 5.47. The topological polar surface area (TPSA) is 3.88 Å². The van der Waals surface area contributed by atoms with Gasteiger partial charge in [-0.25, -0.2) is 0 Å². The van der Waals surface area contributed by atoms with Crippen molar-refractivity contribution in [3.63, 3.8) is 0 Å². The van der Waals surface area contributed by atoms with Gasteiger partial charge in [-0.15, -0.1) is 0 Å². The molecule has 2 aromatic rings. The summed E-state index contributed by atoms with van der Waals surface area (Å²) in [4.78, 5) is 0. The average Bonchev–Trinajstić information content (AvgIpc) is 2.57. The molecule has 0 saturated carbocycles. The summed E-state index contributed by atoms with van der Waals surface area (Å²) in [7, 11) is 0. The SMILES string of the molecule is CCCCC#Cc1cccc[n+]1CCC#Cc1ccccc1. The zero-order valence-electron chi connectivity index (χ0n) is 13.2. The van der Waals surface area contributed by atoms with Gasteiger partial charge in [-0.1, -0.05) is 49.3 Å². The predicted molar refractivity (Wildman–Crippen MR) is 91.0 cm³/mol. The van der Waals surface area contributed by atoms with Crippen LogP contribution in [-0.4, -0.2) is 0 Å². The van der Waals surface area contributed by atoms with Gasteiger partial charge in [0.25, 0.3) is 5.69 Å². The molecule has 0 atom stereocenters. The van der Waals surface area contributed by atoms with E-state index in [1.807, 2.05) is 42.5 Å². The Kier molecular flexibility index (Phi) is 6.80. The molecule has 0 fully saturated rings. The third-order valence-electron chi connectivity index (χ3n) is 3.30. The Bertz CT molecular complexity index is 693. The van der Waals surface area contributed by atoms with Gasteiger partial charge in [-0.3, -0.25) is 0 Å². The molecular weight excluding hydrogens is 266 g/mol. The van der Waals surface area contributed by atoms with Crippen molar-refractivity contribution in [2.45, 2.75) is 39.2 Å². The lowest BCUT2D eigenvalue weighted by Crippen LogP contribution is -2.36. The Hall–Kier alpha value is -2.51. The van der Waals surface area contributed by atoms with Gasteiger partial charge in [-0.05, 0) is 24.6 Å². The molecule has 1 aromatic heterocycles. The van der Waals surface area contributed by atoms with Crippen molar-refractivity contribution in [2.24, 2.45) is 0 Å². The highest BCUT2D eigenvalue weighted by Gasteiger charge is 2.04. The van der Waals surface area contributed by atoms with Crippen molar-refractivity contribution < 1.29 is 4.57 Å². The summed E-state index contributed by atoms with van der Waals surface area (Å²) < 4.78 is 2.18. The largest absolute Gasteiger partial charge is 0.256 e. The fraction of sp³-hybridized carbons (Fsp3) is 0.286. The molecule has 0 spiro atoms. The van der Waals surface area contributed by atoms with Crippen molar-refractivity contribution in [1.82, 2.24) is 0 Å². The summed E-state index contributed by atoms with van der Waals surface area (Å²) in [5, 5.41) is 0. The minimum atomic E-state index is 0.827. The molecule has 0 bridgehead atoms. The number of unbranched alkanes of at least 4 members (excludes halogenated alkanes) is 2. The summed E-state index contributed by atoms with van der Waals surface area (Å²) in [5.74, 6) is 13.0. The molecule has 0 saturated heterocycles. The van der Waals surface area contributed by atoms with E-state index in [2.05, 4.69) is 47.4 Å². The number of benzene rings is 1. The van der Waals surface area contributed by atoms with E-state index in [1.165, 1.54) is 12.8 Å². The van der Waals surface area contributed by atoms with Gasteiger partial charge < -0.3 is 0 Å². The van der Waals surface area contributed by atoms with Crippen LogP contribution in [0.2, 0.25) is 0 Å². The van der Waals surface area contributed by atoms with Crippen molar-refractivity contribution in [2.75, 3.05) is 0 Å². The van der Waals surface area contributed by atoms with E-state index in [0.717, 1.165) is 30.6 Å². The molecule has 1 heterocycles. The Morgan fingerprint density at radius 3 is 2.45 bits per heavy atom. The molecule has 1 heteroatoms. The van der Waals surface area contributed by atoms with Crippen LogP contribution >= 0.6 is 0 Å². The maximum Gasteiger partial charge on any atom is 0.256 e. The Morgan fingerprint density at radius 1 is 0.864 bits per heavy atom. The smallest absolute Gasteiger partial charge is 0.190 e. The van der Waals surface area contributed by atoms with Gasteiger partial charge in [0.15, 0.2) is 12.7 Å². The van der Waals surface area contributed by atoms with E-state index in [1.54, 1.807) is 0 Å². The summed E-state index contributed by atoms with van der Waals surface area (Å²) in [6.07, 6.45) is 6.24. The van der Waals surface area contributed by atoms with Gasteiger partial charge >= 0.3 is 0 Å². The van der Waals surface area contributed by atoms with Gasteiger partial charge in [0.2, 0.25) is 0 Å². The number of pyridine rings is 1. The predicted octanol–water partition coefficient (Wildman–Crippen LogP) is 3.96. The first-order chi connectivity index (χ1) is 10.9. The zero-order valence-corrected chi connectivity index (χ0v) is 13.2. The molecular formula is C21H22N+. The molecule has 0 amide bonds. The first-order valence-electron chi connectivity index (χ1n) is 7.91. The maximum absolute atomic E-state index is 3.27. The second-order valence-electron chi connectivity index (χ2n) is 5.10. The van der Waals surface area contributed by atoms with Crippen molar-refractivity contribution in [1.29, 1.82) is 0 Å². The molecule has 1 nitrogen and oxygen atoms in total. The van der Waals surface area contributed by atoms with Crippen molar-refractivity contribution in [3.8, 4) is 23.7 Å². The van der Waals surface area contributed by atoms with Crippen LogP contribution in [0.5, 0.6) is 0 Å². The molecule has 110 valence electrons. The zero-order chi connectivity index (χ0) is 15.5. The molecule has 2 rings (SSSR count). The van der Waals surface area contributed by atoms with Crippen LogP contribution in [0.25, 0.3) is 0 Å². The monoisotopic (exact) mass is 288 g/mol. The summed E-state index contributed by atoms with van der Waals surface area (Å²) >= 11 is 0. The van der Waals surface area contributed by atoms with Crippen LogP contribution in [-0.2, 0) is 6.54 Å². The molecule has 0 aliphatic carbocycles. The molecule has 0 N–H and O–H groups in total. The third-order valence-corrected chi connectivity index (χ3v) is 3.30. The molecule has 22 heavy (non-hydrogen) atoms. The van der Waals surface area contributed by atoms with Gasteiger partial charge in [0, 0.05) is 30.0 Å². The Labute approximate surface area is 134 Å². The number of nitrogens with zero attached hydrogens (tertiary/aromatic N) is 1. The normalized spacial score (nSPS) is 9.32. The number of hydrogen-bond donors (Lipinski definition) is 0. The van der Waals surface area contributed by atoms with Crippen LogP contribution in [0.15, 0.2) is 54.7 Å². The molecule has 0 radical (unpaired) electrons. The van der Waals surface area contributed by atoms with Crippen LogP contribution in [0.3, 0.4) is 0 Å². The van der Waals surface area contributed by atoms with Crippen LogP contribution in [0.4, 0.5) is 0 Å². The minimum Gasteiger partial charge on any atom is -0.190 e. The lowest BCUT2D eigenvalue weighted by atomic mass is 10.2. The van der Waals surface area contributed by atoms with Crippen molar-refractivity contribution >= 4 is 0 Å². The standard InChI is InChI=1S/C21H22N/c1-2-3-4-8-16-21-17-10-12-19-22(21)18-11-9-15-20-13-6-5-7-14-20/h5-7,10,12-14,17,19H,2-4,11,18H2,1H3/q+1. The Balaban J connectivity index is 1.95. The van der Waals surface area contributed by atoms with Crippen LogP contribution < -0.4 is 4.57 Å². The quantitative estimate of drug-likeness (QED) is 0.455. The van der Waals surface area contributed by atoms with Gasteiger partial charge in [-0.2, -0.15) is 4.57 Å². The van der Waals surface area contributed by atoms with E-state index in [0.29, 0.717) is 0 Å². The lowest BCUT2D eigenvalue weighted by Gasteiger charge is -1.95. The van der Waals surface area contributed by atoms with Crippen LogP contribution in [0, 0.1) is 23.7 Å². The first kappa shape index (κ1) is 15.9. The molecule has 1 aromatic carbocycles. The number of aromatic nitrogens is 1. The number of hydrogen-bond acceptors (Lipinski definition) is 0. The average molecular weight is 288 g/mol. The summed E-state index contributed by atoms with van der Waals surface area (Å²) in [6.45, 7) is 3.06. The maximum atomic E-state index is 3.27. The first-order valence-corrected chi connectivity index (χ1v) is 7.91. The summed E-state index contributed by atoms with van der Waals surface area (Å²) in [6, 6.07) is 16.3. The van der Waals surface area contributed by atoms with E-state index in [4.69, 9.17) is 0 Å². The molecule has 0 unspecified atom stereocenters. The van der Waals surface area contributed by atoms with Crippen LogP contribution in [0.1, 0.15) is 43.9 Å². The number of aryl methyl sites for hydroxylation is 1. The second kappa shape index (κ2) is 9.43. The fourth-order valence-electron chi connectivity index (χ4n) is 2.07. The van der Waals surface area contributed by atoms with E-state index in [9.17, 15) is 0 Å². The van der Waals surface area contributed by atoms with Gasteiger partial charge in [0.1, 0.15) is 0 Å². The number of rotatable bonds is 4. The highest BCUT2D eigenvalue weighted by molar-refractivity contribution is 5.33. The van der Waals surface area contributed by atoms with Crippen molar-refractivity contribution in [3.05, 3.63) is 66.0 Å². The van der Waals surface area contributed by atoms with Gasteiger partial charge in [0.05, 0.1) is 6.42 Å². The molecule has 0 aliphatic heterocycles. The summed E-state index contributed by atoms with van der Waals surface area (Å²) in [5.41, 5.74) is 2.14. The molecule has 0 aliphatic rings. The highest BCUT2D eigenvalue weighted by Crippen LogP contribution is 1.96. The fourth-order valence-corrected chi connectivity index (χ4v) is 2.07. The highest BCUT2D eigenvalue weighted by atomic mass is 14.9. The Morgan fingerprint density at radius 2 is 1.64 bits per heavy atom.